The molecule has 1 aliphatic rings. The van der Waals surface area contributed by atoms with Crippen molar-refractivity contribution in [3.8, 4) is 12.0 Å². The van der Waals surface area contributed by atoms with Gasteiger partial charge in [-0.15, -0.1) is 22.7 Å². The van der Waals surface area contributed by atoms with Crippen LogP contribution in [0.3, 0.4) is 0 Å². The number of aromatic nitrogens is 3. The summed E-state index contributed by atoms with van der Waals surface area (Å²) in [5, 5.41) is 6.86. The molecule has 0 amide bonds. The van der Waals surface area contributed by atoms with Crippen molar-refractivity contribution in [2.45, 2.75) is 17.1 Å². The van der Waals surface area contributed by atoms with E-state index in [4.69, 9.17) is 0 Å². The van der Waals surface area contributed by atoms with Gasteiger partial charge in [0.15, 0.2) is 0 Å². The highest BCUT2D eigenvalue weighted by molar-refractivity contribution is 7.92. The van der Waals surface area contributed by atoms with Crippen molar-refractivity contribution in [1.82, 2.24) is 18.8 Å². The highest BCUT2D eigenvalue weighted by atomic mass is 32.2. The molecule has 1 aromatic carbocycles. The molecular formula is C24H19N5O2S3. The molecule has 1 aliphatic heterocycles. The number of thiophene rings is 2. The molecule has 10 heteroatoms. The largest absolute Gasteiger partial charge is 0.340 e. The topological polar surface area (TPSA) is 80.1 Å². The molecule has 0 saturated carbocycles. The molecule has 170 valence electrons. The van der Waals surface area contributed by atoms with Crippen LogP contribution in [0.5, 0.6) is 0 Å². The fraction of sp³-hybridized carbons (Fsp3) is 0.167. The maximum Gasteiger partial charge on any atom is 0.277 e. The van der Waals surface area contributed by atoms with Crippen molar-refractivity contribution in [3.05, 3.63) is 65.2 Å². The SMILES string of the molecule is O=S(=O)(c1cccs1)n1ccc2cc(Nc3ncnc4sc(C#CN5CCCC5)cc34)ccc21. The van der Waals surface area contributed by atoms with Crippen LogP contribution in [-0.2, 0) is 10.0 Å². The minimum Gasteiger partial charge on any atom is -0.340 e. The summed E-state index contributed by atoms with van der Waals surface area (Å²) in [4.78, 5) is 12.8. The lowest BCUT2D eigenvalue weighted by Gasteiger charge is -2.08. The fourth-order valence-corrected chi connectivity index (χ4v) is 7.31. The Bertz CT molecular complexity index is 1670. The molecule has 1 saturated heterocycles. The number of fused-ring (bicyclic) bond motifs is 2. The summed E-state index contributed by atoms with van der Waals surface area (Å²) in [5.41, 5.74) is 1.44. The van der Waals surface area contributed by atoms with E-state index in [2.05, 4.69) is 32.1 Å². The van der Waals surface area contributed by atoms with Gasteiger partial charge in [0, 0.05) is 36.4 Å². The molecule has 7 nitrogen and oxygen atoms in total. The molecular weight excluding hydrogens is 486 g/mol. The molecule has 5 aromatic rings. The van der Waals surface area contributed by atoms with Crippen LogP contribution in [0.1, 0.15) is 17.7 Å². The summed E-state index contributed by atoms with van der Waals surface area (Å²) in [6.07, 6.45) is 5.54. The average molecular weight is 506 g/mol. The predicted octanol–water partition coefficient (Wildman–Crippen LogP) is 5.09. The van der Waals surface area contributed by atoms with Crippen LogP contribution in [0.25, 0.3) is 21.1 Å². The Morgan fingerprint density at radius 3 is 2.76 bits per heavy atom. The lowest BCUT2D eigenvalue weighted by atomic mass is 10.2. The van der Waals surface area contributed by atoms with E-state index in [1.807, 2.05) is 24.3 Å². The standard InChI is InChI=1S/C24H19N5O2S3/c30-34(31,22-4-3-13-32-22)29-12-7-17-14-18(5-6-21(17)29)27-23-20-15-19(33-24(20)26-16-25-23)8-11-28-9-1-2-10-28/h3-7,12-16H,1-2,9-10H2,(H,25,26,27). The maximum absolute atomic E-state index is 13.0. The van der Waals surface area contributed by atoms with Crippen LogP contribution in [0.2, 0.25) is 0 Å². The van der Waals surface area contributed by atoms with Crippen LogP contribution in [-0.4, -0.2) is 40.3 Å². The lowest BCUT2D eigenvalue weighted by Crippen LogP contribution is -2.10. The molecule has 0 unspecified atom stereocenters. The summed E-state index contributed by atoms with van der Waals surface area (Å²) in [7, 11) is -3.61. The molecule has 6 rings (SSSR count). The van der Waals surface area contributed by atoms with Crippen molar-refractivity contribution in [1.29, 1.82) is 0 Å². The molecule has 4 aromatic heterocycles. The number of hydrogen-bond acceptors (Lipinski definition) is 8. The first kappa shape index (κ1) is 21.2. The third kappa shape index (κ3) is 3.81. The highest BCUT2D eigenvalue weighted by Gasteiger charge is 2.20. The molecule has 1 fully saturated rings. The summed E-state index contributed by atoms with van der Waals surface area (Å²) in [5.74, 6) is 3.95. The van der Waals surface area contributed by atoms with Gasteiger partial charge in [-0.3, -0.25) is 0 Å². The number of likely N-dealkylation sites (tertiary alicyclic amines) is 1. The second kappa shape index (κ2) is 8.43. The van der Waals surface area contributed by atoms with Gasteiger partial charge in [-0.2, -0.15) is 8.42 Å². The van der Waals surface area contributed by atoms with Crippen molar-refractivity contribution in [2.75, 3.05) is 18.4 Å². The van der Waals surface area contributed by atoms with Gasteiger partial charge in [0.2, 0.25) is 0 Å². The summed E-state index contributed by atoms with van der Waals surface area (Å²) in [6.45, 7) is 2.06. The van der Waals surface area contributed by atoms with Crippen LogP contribution in [0.4, 0.5) is 11.5 Å². The van der Waals surface area contributed by atoms with Crippen LogP contribution in [0.15, 0.2) is 64.6 Å². The minimum absolute atomic E-state index is 0.316. The average Bonchev–Trinajstić information content (AvgIpc) is 3.64. The second-order valence-electron chi connectivity index (χ2n) is 7.93. The third-order valence-corrected chi connectivity index (χ3v) is 9.72. The normalized spacial score (nSPS) is 13.9. The molecule has 1 N–H and O–H groups in total. The van der Waals surface area contributed by atoms with Gasteiger partial charge in [0.1, 0.15) is 21.2 Å². The molecule has 0 atom stereocenters. The van der Waals surface area contributed by atoms with E-state index < -0.39 is 10.0 Å². The number of anilines is 2. The van der Waals surface area contributed by atoms with E-state index in [1.165, 1.54) is 28.2 Å². The fourth-order valence-electron chi connectivity index (χ4n) is 4.03. The number of benzene rings is 1. The second-order valence-corrected chi connectivity index (χ2v) is 12.0. The molecule has 34 heavy (non-hydrogen) atoms. The van der Waals surface area contributed by atoms with E-state index >= 15 is 0 Å². The third-order valence-electron chi connectivity index (χ3n) is 5.70. The number of nitrogens with zero attached hydrogens (tertiary/aromatic N) is 4. The Hall–Kier alpha value is -3.39. The predicted molar refractivity (Wildman–Crippen MR) is 137 cm³/mol. The van der Waals surface area contributed by atoms with Crippen molar-refractivity contribution >= 4 is 65.3 Å². The van der Waals surface area contributed by atoms with E-state index in [9.17, 15) is 8.42 Å². The van der Waals surface area contributed by atoms with Crippen molar-refractivity contribution < 1.29 is 8.42 Å². The zero-order valence-corrected chi connectivity index (χ0v) is 20.4. The molecule has 0 bridgehead atoms. The summed E-state index contributed by atoms with van der Waals surface area (Å²) < 4.78 is 27.6. The first-order valence-corrected chi connectivity index (χ1v) is 13.9. The van der Waals surface area contributed by atoms with Gasteiger partial charge in [0.05, 0.1) is 15.8 Å². The molecule has 0 radical (unpaired) electrons. The smallest absolute Gasteiger partial charge is 0.277 e. The van der Waals surface area contributed by atoms with Gasteiger partial charge in [0.25, 0.3) is 10.0 Å². The van der Waals surface area contributed by atoms with Gasteiger partial charge in [-0.25, -0.2) is 13.9 Å². The monoisotopic (exact) mass is 505 g/mol. The van der Waals surface area contributed by atoms with Crippen molar-refractivity contribution in [2.24, 2.45) is 0 Å². The number of rotatable bonds is 4. The minimum atomic E-state index is -3.61. The molecule has 0 aliphatic carbocycles. The Kier molecular flexibility index (Phi) is 5.25. The van der Waals surface area contributed by atoms with E-state index in [0.717, 1.165) is 39.3 Å². The van der Waals surface area contributed by atoms with Crippen LogP contribution in [0, 0.1) is 12.0 Å². The van der Waals surface area contributed by atoms with Gasteiger partial charge in [-0.1, -0.05) is 6.07 Å². The van der Waals surface area contributed by atoms with Gasteiger partial charge >= 0.3 is 0 Å². The molecule has 0 spiro atoms. The highest BCUT2D eigenvalue weighted by Crippen LogP contribution is 2.31. The summed E-state index contributed by atoms with van der Waals surface area (Å²) >= 11 is 2.76. The maximum atomic E-state index is 13.0. The Labute approximate surface area is 204 Å². The quantitative estimate of drug-likeness (QED) is 0.343. The lowest BCUT2D eigenvalue weighted by molar-refractivity contribution is 0.496. The first-order valence-electron chi connectivity index (χ1n) is 10.8. The Morgan fingerprint density at radius 2 is 1.94 bits per heavy atom. The van der Waals surface area contributed by atoms with Crippen LogP contribution >= 0.6 is 22.7 Å². The number of hydrogen-bond donors (Lipinski definition) is 1. The zero-order valence-electron chi connectivity index (χ0n) is 17.9. The van der Waals surface area contributed by atoms with Crippen molar-refractivity contribution in [3.63, 3.8) is 0 Å². The van der Waals surface area contributed by atoms with E-state index in [0.29, 0.717) is 15.5 Å². The number of nitrogens with one attached hydrogen (secondary N) is 1. The van der Waals surface area contributed by atoms with Gasteiger partial charge < -0.3 is 10.2 Å². The summed E-state index contributed by atoms with van der Waals surface area (Å²) in [6, 6.07) is 16.0. The first-order chi connectivity index (χ1) is 16.6. The molecule has 5 heterocycles. The Morgan fingerprint density at radius 1 is 1.06 bits per heavy atom. The van der Waals surface area contributed by atoms with E-state index in [1.54, 1.807) is 47.4 Å². The zero-order chi connectivity index (χ0) is 23.1. The Balaban J connectivity index is 1.31. The van der Waals surface area contributed by atoms with E-state index in [-0.39, 0.29) is 0 Å². The van der Waals surface area contributed by atoms with Crippen LogP contribution < -0.4 is 5.32 Å². The van der Waals surface area contributed by atoms with Gasteiger partial charge in [-0.05, 0) is 60.5 Å².